The van der Waals surface area contributed by atoms with Gasteiger partial charge in [-0.25, -0.2) is 0 Å². The highest BCUT2D eigenvalue weighted by molar-refractivity contribution is 8.93. The molecule has 1 aromatic rings. The van der Waals surface area contributed by atoms with Crippen molar-refractivity contribution in [2.75, 3.05) is 13.6 Å². The van der Waals surface area contributed by atoms with Crippen LogP contribution in [0.2, 0.25) is 0 Å². The van der Waals surface area contributed by atoms with E-state index in [1.807, 2.05) is 18.2 Å². The van der Waals surface area contributed by atoms with Gasteiger partial charge in [0.1, 0.15) is 24.2 Å². The first-order valence-electron chi connectivity index (χ1n) is 9.20. The first-order valence-corrected chi connectivity index (χ1v) is 7.70. The quantitative estimate of drug-likeness (QED) is 0.627. The molecule has 5 atom stereocenters. The van der Waals surface area contributed by atoms with Crippen LogP contribution in [-0.2, 0) is 14.3 Å². The van der Waals surface area contributed by atoms with Crippen LogP contribution in [0.5, 0.6) is 0 Å². The zero-order valence-electron chi connectivity index (χ0n) is 15.5. The minimum atomic E-state index is -2.15. The fraction of sp³-hybridized carbons (Fsp3) is 0.588. The Morgan fingerprint density at radius 2 is 2.04 bits per heavy atom. The second kappa shape index (κ2) is 6.51. The monoisotopic (exact) mass is 386 g/mol. The Morgan fingerprint density at radius 1 is 1.39 bits per heavy atom. The van der Waals surface area contributed by atoms with Crippen LogP contribution in [-0.4, -0.2) is 60.0 Å². The lowest BCUT2D eigenvalue weighted by Crippen LogP contribution is -2.48. The van der Waals surface area contributed by atoms with Gasteiger partial charge >= 0.3 is 5.97 Å². The summed E-state index contributed by atoms with van der Waals surface area (Å²) in [5.74, 6) is -1.18. The number of ether oxygens (including phenoxy) is 2. The molecule has 6 heteroatoms. The minimum Gasteiger partial charge on any atom is -0.462 e. The summed E-state index contributed by atoms with van der Waals surface area (Å²) in [6.07, 6.45) is 0.452. The zero-order valence-corrected chi connectivity index (χ0v) is 14.2. The lowest BCUT2D eigenvalue weighted by atomic mass is 9.97. The van der Waals surface area contributed by atoms with Crippen LogP contribution in [0.25, 0.3) is 0 Å². The molecule has 0 aromatic heterocycles. The molecule has 3 aliphatic heterocycles. The maximum absolute atomic E-state index is 12.5. The minimum absolute atomic E-state index is 0. The number of aliphatic hydroxyl groups is 1. The highest BCUT2D eigenvalue weighted by Gasteiger charge is 2.62. The molecule has 23 heavy (non-hydrogen) atoms. The SMILES string of the molecule is Br.[2H]C([2H])([2H])N1C2CC(OC(=O)[C@H](CO)c3ccccc3)CC1C1OC12. The standard InChI is InChI=1S/C17H21NO4.BrH/c1-18-13-7-11(8-14(18)16-15(13)22-16)21-17(20)12(9-19)10-5-3-2-4-6-10;/h2-6,11-16,19H,7-9H2,1H3;1H/t11?,12-,13?,14?,15?,16?;/m1./s1/i1D3;. The van der Waals surface area contributed by atoms with Crippen molar-refractivity contribution < 1.29 is 23.5 Å². The molecule has 126 valence electrons. The molecule has 1 aromatic carbocycles. The van der Waals surface area contributed by atoms with Gasteiger partial charge in [-0.3, -0.25) is 9.69 Å². The first-order chi connectivity index (χ1) is 11.9. The fourth-order valence-corrected chi connectivity index (χ4v) is 3.79. The van der Waals surface area contributed by atoms with Crippen LogP contribution in [0, 0.1) is 0 Å². The summed E-state index contributed by atoms with van der Waals surface area (Å²) in [4.78, 5) is 14.1. The van der Waals surface area contributed by atoms with Gasteiger partial charge in [0, 0.05) is 29.0 Å². The number of hydrogen-bond donors (Lipinski definition) is 1. The van der Waals surface area contributed by atoms with Crippen LogP contribution in [0.4, 0.5) is 0 Å². The Labute approximate surface area is 150 Å². The molecule has 0 spiro atoms. The average Bonchev–Trinajstić information content (AvgIpc) is 3.31. The molecule has 0 amide bonds. The molecule has 3 heterocycles. The van der Waals surface area contributed by atoms with E-state index in [9.17, 15) is 9.90 Å². The largest absolute Gasteiger partial charge is 0.462 e. The topological polar surface area (TPSA) is 62.3 Å². The number of halogens is 1. The molecule has 5 nitrogen and oxygen atoms in total. The molecule has 0 radical (unpaired) electrons. The van der Waals surface area contributed by atoms with Gasteiger partial charge in [-0.05, 0) is 12.5 Å². The number of piperidine rings is 1. The number of epoxide rings is 1. The van der Waals surface area contributed by atoms with Crippen molar-refractivity contribution in [1.82, 2.24) is 4.90 Å². The highest BCUT2D eigenvalue weighted by atomic mass is 79.9. The molecular formula is C17H22BrNO4. The summed E-state index contributed by atoms with van der Waals surface area (Å²) in [5.41, 5.74) is 0.712. The number of benzene rings is 1. The lowest BCUT2D eigenvalue weighted by molar-refractivity contribution is -0.156. The van der Waals surface area contributed by atoms with E-state index < -0.39 is 18.9 Å². The third-order valence-electron chi connectivity index (χ3n) is 5.00. The van der Waals surface area contributed by atoms with Gasteiger partial charge in [0.05, 0.1) is 6.61 Å². The fourth-order valence-electron chi connectivity index (χ4n) is 3.79. The molecule has 3 fully saturated rings. The number of fused-ring (bicyclic) bond motifs is 5. The lowest BCUT2D eigenvalue weighted by Gasteiger charge is -2.38. The van der Waals surface area contributed by atoms with Gasteiger partial charge in [-0.1, -0.05) is 30.3 Å². The van der Waals surface area contributed by atoms with Crippen molar-refractivity contribution in [2.24, 2.45) is 0 Å². The van der Waals surface area contributed by atoms with E-state index >= 15 is 0 Å². The van der Waals surface area contributed by atoms with Gasteiger partial charge in [-0.15, -0.1) is 17.0 Å². The Balaban J connectivity index is 0.00000196. The Morgan fingerprint density at radius 3 is 2.61 bits per heavy atom. The number of esters is 1. The molecule has 0 aliphatic carbocycles. The maximum atomic E-state index is 12.5. The third kappa shape index (κ3) is 2.93. The number of likely N-dealkylation sites (N-methyl/N-ethyl adjacent to an activating group) is 1. The maximum Gasteiger partial charge on any atom is 0.316 e. The molecule has 3 saturated heterocycles. The van der Waals surface area contributed by atoms with Gasteiger partial charge in [0.15, 0.2) is 0 Å². The van der Waals surface area contributed by atoms with E-state index in [1.165, 1.54) is 0 Å². The molecular weight excluding hydrogens is 362 g/mol. The number of nitrogens with zero attached hydrogens (tertiary/aromatic N) is 1. The van der Waals surface area contributed by atoms with Crippen molar-refractivity contribution in [3.63, 3.8) is 0 Å². The van der Waals surface area contributed by atoms with Crippen LogP contribution in [0.1, 0.15) is 28.4 Å². The van der Waals surface area contributed by atoms with Gasteiger partial charge < -0.3 is 14.6 Å². The van der Waals surface area contributed by atoms with Crippen molar-refractivity contribution in [2.45, 2.75) is 49.2 Å². The molecule has 0 saturated carbocycles. The van der Waals surface area contributed by atoms with Crippen molar-refractivity contribution in [3.05, 3.63) is 35.9 Å². The van der Waals surface area contributed by atoms with E-state index in [0.717, 1.165) is 0 Å². The van der Waals surface area contributed by atoms with Gasteiger partial charge in [-0.2, -0.15) is 0 Å². The Hall–Kier alpha value is -0.950. The number of carbonyl (C=O) groups excluding carboxylic acids is 1. The second-order valence-corrected chi connectivity index (χ2v) is 6.28. The summed E-state index contributed by atoms with van der Waals surface area (Å²) in [5, 5.41) is 9.59. The summed E-state index contributed by atoms with van der Waals surface area (Å²) >= 11 is 0. The summed E-state index contributed by atoms with van der Waals surface area (Å²) in [6.45, 7) is -2.48. The van der Waals surface area contributed by atoms with E-state index in [1.54, 1.807) is 17.0 Å². The van der Waals surface area contributed by atoms with Crippen LogP contribution in [0.3, 0.4) is 0 Å². The predicted molar refractivity (Wildman–Crippen MR) is 89.7 cm³/mol. The second-order valence-electron chi connectivity index (χ2n) is 6.28. The third-order valence-corrected chi connectivity index (χ3v) is 5.00. The first kappa shape index (κ1) is 13.4. The summed E-state index contributed by atoms with van der Waals surface area (Å²) < 4.78 is 34.4. The number of morpholine rings is 1. The highest BCUT2D eigenvalue weighted by Crippen LogP contribution is 2.48. The number of aliphatic hydroxyl groups excluding tert-OH is 1. The number of hydrogen-bond acceptors (Lipinski definition) is 5. The molecule has 3 aliphatic rings. The number of carbonyl (C=O) groups is 1. The van der Waals surface area contributed by atoms with E-state index in [0.29, 0.717) is 18.4 Å². The average molecular weight is 387 g/mol. The molecule has 4 unspecified atom stereocenters. The van der Waals surface area contributed by atoms with Gasteiger partial charge in [0.2, 0.25) is 0 Å². The number of rotatable bonds is 4. The van der Waals surface area contributed by atoms with Crippen LogP contribution >= 0.6 is 17.0 Å². The van der Waals surface area contributed by atoms with Crippen LogP contribution < -0.4 is 0 Å². The van der Waals surface area contributed by atoms with Crippen molar-refractivity contribution in [1.29, 1.82) is 0 Å². The van der Waals surface area contributed by atoms with Crippen LogP contribution in [0.15, 0.2) is 30.3 Å². The normalized spacial score (nSPS) is 38.3. The van der Waals surface area contributed by atoms with Crippen molar-refractivity contribution >= 4 is 23.0 Å². The van der Waals surface area contributed by atoms with Crippen molar-refractivity contribution in [3.8, 4) is 0 Å². The summed E-state index contributed by atoms with van der Waals surface area (Å²) in [6, 6.07) is 8.56. The van der Waals surface area contributed by atoms with E-state index in [2.05, 4.69) is 0 Å². The summed E-state index contributed by atoms with van der Waals surface area (Å²) in [7, 11) is 0. The molecule has 4 rings (SSSR count). The zero-order chi connectivity index (χ0) is 17.8. The molecule has 1 N–H and O–H groups in total. The molecule has 2 bridgehead atoms. The van der Waals surface area contributed by atoms with E-state index in [4.69, 9.17) is 13.6 Å². The van der Waals surface area contributed by atoms with E-state index in [-0.39, 0.29) is 54.0 Å². The van der Waals surface area contributed by atoms with Gasteiger partial charge in [0.25, 0.3) is 0 Å². The smallest absolute Gasteiger partial charge is 0.316 e. The predicted octanol–water partition coefficient (Wildman–Crippen LogP) is 1.50. The Kier molecular flexibility index (Phi) is 3.78. The Bertz CT molecular complexity index is 641.